The Hall–Kier alpha value is -2.82. The average molecular weight is 313 g/mol. The first kappa shape index (κ1) is 16.5. The number of alkyl carbamates (subject to hydrolysis) is 1. The third-order valence-electron chi connectivity index (χ3n) is 3.38. The van der Waals surface area contributed by atoms with Gasteiger partial charge in [0.1, 0.15) is 6.61 Å². The van der Waals surface area contributed by atoms with Crippen molar-refractivity contribution in [2.24, 2.45) is 0 Å². The van der Waals surface area contributed by atoms with Gasteiger partial charge >= 0.3 is 12.1 Å². The number of benzene rings is 2. The van der Waals surface area contributed by atoms with Crippen molar-refractivity contribution in [3.05, 3.63) is 71.3 Å². The average Bonchev–Trinajstić information content (AvgIpc) is 2.54. The Morgan fingerprint density at radius 2 is 1.70 bits per heavy atom. The van der Waals surface area contributed by atoms with Gasteiger partial charge in [0.05, 0.1) is 12.5 Å². The van der Waals surface area contributed by atoms with E-state index in [1.807, 2.05) is 37.3 Å². The number of carbonyl (C=O) groups is 2. The van der Waals surface area contributed by atoms with E-state index in [0.29, 0.717) is 0 Å². The molecule has 1 unspecified atom stereocenters. The van der Waals surface area contributed by atoms with Gasteiger partial charge in [0, 0.05) is 0 Å². The number of nitrogens with one attached hydrogen (secondary N) is 1. The number of carbonyl (C=O) groups excluding carboxylic acids is 1. The van der Waals surface area contributed by atoms with Crippen molar-refractivity contribution in [3.8, 4) is 0 Å². The van der Waals surface area contributed by atoms with E-state index in [0.717, 1.165) is 16.7 Å². The largest absolute Gasteiger partial charge is 0.481 e. The summed E-state index contributed by atoms with van der Waals surface area (Å²) in [4.78, 5) is 22.4. The molecule has 23 heavy (non-hydrogen) atoms. The first-order valence-electron chi connectivity index (χ1n) is 7.32. The molecule has 0 aliphatic carbocycles. The van der Waals surface area contributed by atoms with Crippen LogP contribution in [0.4, 0.5) is 4.79 Å². The lowest BCUT2D eigenvalue weighted by molar-refractivity contribution is -0.136. The molecule has 0 fully saturated rings. The summed E-state index contributed by atoms with van der Waals surface area (Å²) in [5, 5.41) is 11.5. The van der Waals surface area contributed by atoms with Gasteiger partial charge in [-0.05, 0) is 23.6 Å². The molecule has 5 nitrogen and oxygen atoms in total. The van der Waals surface area contributed by atoms with E-state index in [1.54, 1.807) is 24.3 Å². The highest BCUT2D eigenvalue weighted by molar-refractivity contribution is 5.70. The number of carboxylic acids is 1. The molecule has 0 bridgehead atoms. The zero-order chi connectivity index (χ0) is 16.7. The summed E-state index contributed by atoms with van der Waals surface area (Å²) in [7, 11) is 0. The Kier molecular flexibility index (Phi) is 5.74. The van der Waals surface area contributed by atoms with Gasteiger partial charge in [-0.25, -0.2) is 4.79 Å². The quantitative estimate of drug-likeness (QED) is 0.858. The lowest BCUT2D eigenvalue weighted by atomic mass is 10.0. The van der Waals surface area contributed by atoms with Gasteiger partial charge in [0.2, 0.25) is 0 Å². The molecule has 120 valence electrons. The second-order valence-corrected chi connectivity index (χ2v) is 5.24. The van der Waals surface area contributed by atoms with E-state index in [9.17, 15) is 9.59 Å². The van der Waals surface area contributed by atoms with E-state index in [2.05, 4.69) is 5.32 Å². The highest BCUT2D eigenvalue weighted by Gasteiger charge is 2.11. The first-order valence-corrected chi connectivity index (χ1v) is 7.32. The first-order chi connectivity index (χ1) is 11.0. The minimum absolute atomic E-state index is 0.0127. The lowest BCUT2D eigenvalue weighted by Crippen LogP contribution is -2.27. The number of hydrogen-bond acceptors (Lipinski definition) is 3. The highest BCUT2D eigenvalue weighted by atomic mass is 16.5. The van der Waals surface area contributed by atoms with Gasteiger partial charge in [-0.15, -0.1) is 0 Å². The van der Waals surface area contributed by atoms with Crippen LogP contribution in [-0.2, 0) is 22.6 Å². The number of hydrogen-bond donors (Lipinski definition) is 2. The minimum atomic E-state index is -0.867. The fraction of sp³-hybridized carbons (Fsp3) is 0.222. The molecule has 2 N–H and O–H groups in total. The van der Waals surface area contributed by atoms with Gasteiger partial charge in [0.15, 0.2) is 0 Å². The Labute approximate surface area is 134 Å². The van der Waals surface area contributed by atoms with Crippen LogP contribution in [-0.4, -0.2) is 17.2 Å². The number of rotatable bonds is 6. The van der Waals surface area contributed by atoms with Crippen LogP contribution in [0.1, 0.15) is 29.7 Å². The van der Waals surface area contributed by atoms with E-state index in [-0.39, 0.29) is 19.1 Å². The summed E-state index contributed by atoms with van der Waals surface area (Å²) in [6.07, 6.45) is -0.503. The van der Waals surface area contributed by atoms with Gasteiger partial charge in [-0.3, -0.25) is 4.79 Å². The Morgan fingerprint density at radius 1 is 1.04 bits per heavy atom. The fourth-order valence-electron chi connectivity index (χ4n) is 2.12. The van der Waals surface area contributed by atoms with Gasteiger partial charge in [-0.1, -0.05) is 54.6 Å². The summed E-state index contributed by atoms with van der Waals surface area (Å²) in [5.41, 5.74) is 2.53. The SMILES string of the molecule is CC(NC(=O)OCc1ccccc1)c1ccc(CC(=O)O)cc1. The van der Waals surface area contributed by atoms with Crippen molar-refractivity contribution in [2.75, 3.05) is 0 Å². The van der Waals surface area contributed by atoms with Gasteiger partial charge in [-0.2, -0.15) is 0 Å². The summed E-state index contributed by atoms with van der Waals surface area (Å²) in [5.74, 6) is -0.867. The minimum Gasteiger partial charge on any atom is -0.481 e. The summed E-state index contributed by atoms with van der Waals surface area (Å²) < 4.78 is 5.17. The molecule has 0 saturated carbocycles. The van der Waals surface area contributed by atoms with Crippen LogP contribution in [0.25, 0.3) is 0 Å². The van der Waals surface area contributed by atoms with Crippen molar-refractivity contribution in [1.29, 1.82) is 0 Å². The molecule has 2 aromatic rings. The Bertz CT molecular complexity index is 652. The van der Waals surface area contributed by atoms with Crippen LogP contribution in [0.3, 0.4) is 0 Å². The standard InChI is InChI=1S/C18H19NO4/c1-13(16-9-7-14(8-10-16)11-17(20)21)19-18(22)23-12-15-5-3-2-4-6-15/h2-10,13H,11-12H2,1H3,(H,19,22)(H,20,21). The smallest absolute Gasteiger partial charge is 0.407 e. The molecule has 0 spiro atoms. The van der Waals surface area contributed by atoms with Crippen LogP contribution < -0.4 is 5.32 Å². The van der Waals surface area contributed by atoms with E-state index in [1.165, 1.54) is 0 Å². The Balaban J connectivity index is 1.84. The summed E-state index contributed by atoms with van der Waals surface area (Å²) in [6.45, 7) is 2.06. The number of amides is 1. The summed E-state index contributed by atoms with van der Waals surface area (Å²) in [6, 6.07) is 16.3. The van der Waals surface area contributed by atoms with Gasteiger partial charge < -0.3 is 15.2 Å². The second kappa shape index (κ2) is 7.98. The predicted octanol–water partition coefficient (Wildman–Crippen LogP) is 3.30. The predicted molar refractivity (Wildman–Crippen MR) is 86.0 cm³/mol. The molecule has 2 rings (SSSR count). The van der Waals surface area contributed by atoms with Crippen molar-refractivity contribution in [3.63, 3.8) is 0 Å². The molecule has 0 radical (unpaired) electrons. The Morgan fingerprint density at radius 3 is 2.30 bits per heavy atom. The van der Waals surface area contributed by atoms with Crippen LogP contribution in [0, 0.1) is 0 Å². The summed E-state index contributed by atoms with van der Waals surface area (Å²) >= 11 is 0. The molecule has 1 atom stereocenters. The van der Waals surface area contributed by atoms with E-state index >= 15 is 0 Å². The molecule has 0 heterocycles. The zero-order valence-electron chi connectivity index (χ0n) is 12.9. The monoisotopic (exact) mass is 313 g/mol. The van der Waals surface area contributed by atoms with Crippen molar-refractivity contribution in [1.82, 2.24) is 5.32 Å². The van der Waals surface area contributed by atoms with Crippen LogP contribution >= 0.6 is 0 Å². The van der Waals surface area contributed by atoms with Crippen LogP contribution in [0.15, 0.2) is 54.6 Å². The van der Waals surface area contributed by atoms with Gasteiger partial charge in [0.25, 0.3) is 0 Å². The lowest BCUT2D eigenvalue weighted by Gasteiger charge is -2.15. The second-order valence-electron chi connectivity index (χ2n) is 5.24. The molecule has 5 heteroatoms. The van der Waals surface area contributed by atoms with Crippen molar-refractivity contribution >= 4 is 12.1 Å². The number of carboxylic acid groups (broad SMARTS) is 1. The van der Waals surface area contributed by atoms with E-state index < -0.39 is 12.1 Å². The third-order valence-corrected chi connectivity index (χ3v) is 3.38. The van der Waals surface area contributed by atoms with Crippen molar-refractivity contribution in [2.45, 2.75) is 26.0 Å². The number of ether oxygens (including phenoxy) is 1. The molecular formula is C18H19NO4. The molecule has 2 aromatic carbocycles. The maximum Gasteiger partial charge on any atom is 0.407 e. The normalized spacial score (nSPS) is 11.5. The third kappa shape index (κ3) is 5.47. The molecule has 0 aliphatic heterocycles. The van der Waals surface area contributed by atoms with Crippen LogP contribution in [0.5, 0.6) is 0 Å². The van der Waals surface area contributed by atoms with Crippen LogP contribution in [0.2, 0.25) is 0 Å². The molecule has 0 saturated heterocycles. The fourth-order valence-corrected chi connectivity index (χ4v) is 2.12. The molecule has 1 amide bonds. The molecule has 0 aromatic heterocycles. The topological polar surface area (TPSA) is 75.6 Å². The molecule has 0 aliphatic rings. The maximum atomic E-state index is 11.8. The van der Waals surface area contributed by atoms with Crippen molar-refractivity contribution < 1.29 is 19.4 Å². The number of aliphatic carboxylic acids is 1. The zero-order valence-corrected chi connectivity index (χ0v) is 12.9. The van der Waals surface area contributed by atoms with E-state index in [4.69, 9.17) is 9.84 Å². The molecular weight excluding hydrogens is 294 g/mol. The highest BCUT2D eigenvalue weighted by Crippen LogP contribution is 2.14. The maximum absolute atomic E-state index is 11.8.